The second-order valence-electron chi connectivity index (χ2n) is 6.63. The van der Waals surface area contributed by atoms with E-state index in [-0.39, 0.29) is 18.4 Å². The minimum absolute atomic E-state index is 0.0206. The molecule has 0 radical (unpaired) electrons. The zero-order valence-electron chi connectivity index (χ0n) is 16.2. The highest BCUT2D eigenvalue weighted by atomic mass is 16.5. The van der Waals surface area contributed by atoms with E-state index in [0.29, 0.717) is 5.92 Å². The first-order valence-electron chi connectivity index (χ1n) is 8.86. The normalized spacial score (nSPS) is 10.9. The van der Waals surface area contributed by atoms with E-state index >= 15 is 0 Å². The predicted octanol–water partition coefficient (Wildman–Crippen LogP) is 3.93. The van der Waals surface area contributed by atoms with Crippen molar-refractivity contribution in [3.63, 3.8) is 0 Å². The lowest BCUT2D eigenvalue weighted by Crippen LogP contribution is -2.33. The Balaban J connectivity index is 1.89. The number of anilines is 1. The van der Waals surface area contributed by atoms with Crippen LogP contribution in [0, 0.1) is 0 Å². The van der Waals surface area contributed by atoms with Crippen LogP contribution in [0.5, 0.6) is 5.75 Å². The van der Waals surface area contributed by atoms with Crippen molar-refractivity contribution in [2.45, 2.75) is 19.8 Å². The highest BCUT2D eigenvalue weighted by Crippen LogP contribution is 2.17. The molecule has 0 saturated carbocycles. The lowest BCUT2D eigenvalue weighted by atomic mass is 10.0. The maximum Gasteiger partial charge on any atom is 0.246 e. The number of carbonyl (C=O) groups excluding carboxylic acids is 2. The average molecular weight is 366 g/mol. The maximum absolute atomic E-state index is 12.2. The number of hydrogen-bond acceptors (Lipinski definition) is 3. The summed E-state index contributed by atoms with van der Waals surface area (Å²) in [5, 5.41) is 2.81. The van der Waals surface area contributed by atoms with Gasteiger partial charge in [-0.3, -0.25) is 9.59 Å². The topological polar surface area (TPSA) is 58.6 Å². The van der Waals surface area contributed by atoms with Gasteiger partial charge < -0.3 is 15.0 Å². The molecule has 142 valence electrons. The highest BCUT2D eigenvalue weighted by molar-refractivity contribution is 5.97. The standard InChI is InChI=1S/C22H26N2O3/c1-16(2)18-9-11-19(12-10-18)23-21(25)15-24(3)22(26)13-8-17-6-5-7-20(14-17)27-4/h5-14,16H,15H2,1-4H3,(H,23,25)/b13-8+. The van der Waals surface area contributed by atoms with Crippen molar-refractivity contribution in [3.8, 4) is 5.75 Å². The molecular formula is C22H26N2O3. The Morgan fingerprint density at radius 2 is 1.85 bits per heavy atom. The van der Waals surface area contributed by atoms with Gasteiger partial charge in [0.05, 0.1) is 13.7 Å². The van der Waals surface area contributed by atoms with Crippen LogP contribution in [0.2, 0.25) is 0 Å². The van der Waals surface area contributed by atoms with E-state index in [1.54, 1.807) is 20.2 Å². The molecule has 0 fully saturated rings. The van der Waals surface area contributed by atoms with Crippen molar-refractivity contribution in [2.24, 2.45) is 0 Å². The Bertz CT molecular complexity index is 811. The van der Waals surface area contributed by atoms with E-state index in [4.69, 9.17) is 4.74 Å². The van der Waals surface area contributed by atoms with Crippen LogP contribution in [0.15, 0.2) is 54.6 Å². The van der Waals surface area contributed by atoms with E-state index in [9.17, 15) is 9.59 Å². The van der Waals surface area contributed by atoms with Crippen LogP contribution in [0.25, 0.3) is 6.08 Å². The molecule has 0 aliphatic rings. The maximum atomic E-state index is 12.2. The number of nitrogens with zero attached hydrogens (tertiary/aromatic N) is 1. The Kier molecular flexibility index (Phi) is 7.17. The lowest BCUT2D eigenvalue weighted by Gasteiger charge is -2.15. The number of likely N-dealkylation sites (N-methyl/N-ethyl adjacent to an activating group) is 1. The van der Waals surface area contributed by atoms with Gasteiger partial charge in [-0.2, -0.15) is 0 Å². The number of methoxy groups -OCH3 is 1. The molecule has 0 bridgehead atoms. The fourth-order valence-corrected chi connectivity index (χ4v) is 2.49. The summed E-state index contributed by atoms with van der Waals surface area (Å²) in [5.74, 6) is 0.678. The first kappa shape index (κ1) is 20.2. The molecule has 0 saturated heterocycles. The third-order valence-corrected chi connectivity index (χ3v) is 4.13. The number of nitrogens with one attached hydrogen (secondary N) is 1. The van der Waals surface area contributed by atoms with Crippen LogP contribution < -0.4 is 10.1 Å². The van der Waals surface area contributed by atoms with Crippen molar-refractivity contribution in [1.29, 1.82) is 0 Å². The summed E-state index contributed by atoms with van der Waals surface area (Å²) < 4.78 is 5.16. The molecule has 0 aromatic heterocycles. The van der Waals surface area contributed by atoms with Crippen LogP contribution >= 0.6 is 0 Å². The Morgan fingerprint density at radius 3 is 2.48 bits per heavy atom. The number of hydrogen-bond donors (Lipinski definition) is 1. The van der Waals surface area contributed by atoms with E-state index in [1.165, 1.54) is 16.5 Å². The molecule has 0 spiro atoms. The molecule has 2 aromatic carbocycles. The molecule has 2 aromatic rings. The van der Waals surface area contributed by atoms with Gasteiger partial charge in [-0.25, -0.2) is 0 Å². The molecule has 0 aliphatic heterocycles. The molecule has 0 aliphatic carbocycles. The summed E-state index contributed by atoms with van der Waals surface area (Å²) in [4.78, 5) is 25.7. The molecule has 0 atom stereocenters. The van der Waals surface area contributed by atoms with Gasteiger partial charge >= 0.3 is 0 Å². The molecule has 0 unspecified atom stereocenters. The zero-order chi connectivity index (χ0) is 19.8. The van der Waals surface area contributed by atoms with Gasteiger partial charge in [-0.15, -0.1) is 0 Å². The highest BCUT2D eigenvalue weighted by Gasteiger charge is 2.11. The lowest BCUT2D eigenvalue weighted by molar-refractivity contribution is -0.129. The van der Waals surface area contributed by atoms with Crippen molar-refractivity contribution >= 4 is 23.6 Å². The molecule has 27 heavy (non-hydrogen) atoms. The third kappa shape index (κ3) is 6.29. The summed E-state index contributed by atoms with van der Waals surface area (Å²) in [6.07, 6.45) is 3.14. The van der Waals surface area contributed by atoms with Crippen LogP contribution in [-0.4, -0.2) is 37.4 Å². The number of rotatable bonds is 7. The van der Waals surface area contributed by atoms with Gasteiger partial charge in [-0.05, 0) is 47.4 Å². The van der Waals surface area contributed by atoms with Gasteiger partial charge in [0, 0.05) is 18.8 Å². The van der Waals surface area contributed by atoms with Crippen LogP contribution in [0.4, 0.5) is 5.69 Å². The molecule has 2 amide bonds. The summed E-state index contributed by atoms with van der Waals surface area (Å²) in [6, 6.07) is 15.1. The Hall–Kier alpha value is -3.08. The quantitative estimate of drug-likeness (QED) is 0.756. The first-order valence-corrected chi connectivity index (χ1v) is 8.86. The molecule has 1 N–H and O–H groups in total. The second-order valence-corrected chi connectivity index (χ2v) is 6.63. The van der Waals surface area contributed by atoms with Gasteiger partial charge in [0.15, 0.2) is 0 Å². The largest absolute Gasteiger partial charge is 0.497 e. The second kappa shape index (κ2) is 9.57. The minimum atomic E-state index is -0.247. The molecule has 5 nitrogen and oxygen atoms in total. The fraction of sp³-hybridized carbons (Fsp3) is 0.273. The molecular weight excluding hydrogens is 340 g/mol. The van der Waals surface area contributed by atoms with Gasteiger partial charge in [0.1, 0.15) is 5.75 Å². The summed E-state index contributed by atoms with van der Waals surface area (Å²) in [5.41, 5.74) is 2.78. The van der Waals surface area contributed by atoms with Crippen molar-refractivity contribution < 1.29 is 14.3 Å². The first-order chi connectivity index (χ1) is 12.9. The molecule has 0 heterocycles. The molecule has 5 heteroatoms. The van der Waals surface area contributed by atoms with Gasteiger partial charge in [0.2, 0.25) is 11.8 Å². The van der Waals surface area contributed by atoms with Crippen molar-refractivity contribution in [1.82, 2.24) is 4.90 Å². The Morgan fingerprint density at radius 1 is 1.15 bits per heavy atom. The van der Waals surface area contributed by atoms with Crippen LogP contribution in [0.1, 0.15) is 30.9 Å². The van der Waals surface area contributed by atoms with Crippen molar-refractivity contribution in [3.05, 3.63) is 65.7 Å². The summed E-state index contributed by atoms with van der Waals surface area (Å²) in [7, 11) is 3.19. The van der Waals surface area contributed by atoms with E-state index in [2.05, 4.69) is 19.2 Å². The smallest absolute Gasteiger partial charge is 0.246 e. The number of benzene rings is 2. The number of carbonyl (C=O) groups is 2. The number of amides is 2. The monoisotopic (exact) mass is 366 g/mol. The fourth-order valence-electron chi connectivity index (χ4n) is 2.49. The summed E-state index contributed by atoms with van der Waals surface area (Å²) in [6.45, 7) is 4.22. The van der Waals surface area contributed by atoms with Gasteiger partial charge in [-0.1, -0.05) is 38.1 Å². The third-order valence-electron chi connectivity index (χ3n) is 4.13. The van der Waals surface area contributed by atoms with Crippen molar-refractivity contribution in [2.75, 3.05) is 26.0 Å². The van der Waals surface area contributed by atoms with Gasteiger partial charge in [0.25, 0.3) is 0 Å². The van der Waals surface area contributed by atoms with Crippen LogP contribution in [0.3, 0.4) is 0 Å². The van der Waals surface area contributed by atoms with Crippen LogP contribution in [-0.2, 0) is 9.59 Å². The average Bonchev–Trinajstić information content (AvgIpc) is 2.66. The van der Waals surface area contributed by atoms with E-state index in [0.717, 1.165) is 17.0 Å². The number of ether oxygens (including phenoxy) is 1. The minimum Gasteiger partial charge on any atom is -0.497 e. The zero-order valence-corrected chi connectivity index (χ0v) is 16.2. The van der Waals surface area contributed by atoms with E-state index in [1.807, 2.05) is 48.5 Å². The van der Waals surface area contributed by atoms with E-state index < -0.39 is 0 Å². The molecule has 2 rings (SSSR count). The predicted molar refractivity (Wildman–Crippen MR) is 109 cm³/mol. The summed E-state index contributed by atoms with van der Waals surface area (Å²) >= 11 is 0. The SMILES string of the molecule is COc1cccc(/C=C/C(=O)N(C)CC(=O)Nc2ccc(C(C)C)cc2)c1. The Labute approximate surface area is 160 Å².